The summed E-state index contributed by atoms with van der Waals surface area (Å²) >= 11 is 0. The maximum atomic E-state index is 12.8. The average Bonchev–Trinajstić information content (AvgIpc) is 3.19. The van der Waals surface area contributed by atoms with Crippen LogP contribution in [0.2, 0.25) is 0 Å². The number of amides is 1. The number of nitrogen functional groups attached to an aromatic ring is 1. The summed E-state index contributed by atoms with van der Waals surface area (Å²) in [6, 6.07) is 0. The minimum absolute atomic E-state index is 0.0472. The Hall–Kier alpha value is -2.08. The summed E-state index contributed by atoms with van der Waals surface area (Å²) in [7, 11) is -3.07. The molecule has 0 bridgehead atoms. The van der Waals surface area contributed by atoms with Gasteiger partial charge in [0.15, 0.2) is 12.5 Å². The van der Waals surface area contributed by atoms with Gasteiger partial charge in [0.1, 0.15) is 35.8 Å². The van der Waals surface area contributed by atoms with Crippen LogP contribution in [0.5, 0.6) is 0 Å². The summed E-state index contributed by atoms with van der Waals surface area (Å²) in [6.45, 7) is 5.47. The number of nitrogens with two attached hydrogens (primary N) is 2. The van der Waals surface area contributed by atoms with Crippen LogP contribution < -0.4 is 11.5 Å². The van der Waals surface area contributed by atoms with Crippen molar-refractivity contribution in [2.24, 2.45) is 5.73 Å². The van der Waals surface area contributed by atoms with Gasteiger partial charge < -0.3 is 40.2 Å². The number of ether oxygens (including phenoxy) is 2. The predicted molar refractivity (Wildman–Crippen MR) is 111 cm³/mol. The van der Waals surface area contributed by atoms with Crippen molar-refractivity contribution in [3.8, 4) is 0 Å². The van der Waals surface area contributed by atoms with Crippen molar-refractivity contribution >= 4 is 30.1 Å². The van der Waals surface area contributed by atoms with Crippen LogP contribution in [0.3, 0.4) is 0 Å². The summed E-state index contributed by atoms with van der Waals surface area (Å²) in [5.74, 6) is -0.382. The van der Waals surface area contributed by atoms with Gasteiger partial charge in [-0.3, -0.25) is 9.36 Å². The van der Waals surface area contributed by atoms with E-state index in [1.54, 1.807) is 13.8 Å². The Morgan fingerprint density at radius 1 is 1.32 bits per heavy atom. The Labute approximate surface area is 178 Å². The van der Waals surface area contributed by atoms with E-state index in [1.807, 2.05) is 6.92 Å². The first-order valence-electron chi connectivity index (χ1n) is 9.92. The van der Waals surface area contributed by atoms with Crippen LogP contribution in [0, 0.1) is 6.92 Å². The van der Waals surface area contributed by atoms with E-state index in [1.165, 1.54) is 10.8 Å². The molecule has 1 amide bonds. The molecule has 3 rings (SSSR count). The Morgan fingerprint density at radius 2 is 2.03 bits per heavy atom. The maximum absolute atomic E-state index is 12.8. The Bertz CT molecular complexity index is 1000. The number of aryl methyl sites for hydroxylation is 1. The highest BCUT2D eigenvalue weighted by molar-refractivity contribution is 7.58. The largest absolute Gasteiger partial charge is 0.385 e. The monoisotopic (exact) mass is 457 g/mol. The van der Waals surface area contributed by atoms with E-state index < -0.39 is 38.0 Å². The van der Waals surface area contributed by atoms with Gasteiger partial charge in [0.2, 0.25) is 7.37 Å². The molecule has 0 saturated carbocycles. The molecule has 5 atom stereocenters. The molecule has 1 unspecified atom stereocenters. The predicted octanol–water partition coefficient (Wildman–Crippen LogP) is 0.696. The first-order chi connectivity index (χ1) is 14.6. The molecule has 1 aliphatic heterocycles. The third kappa shape index (κ3) is 4.59. The van der Waals surface area contributed by atoms with Gasteiger partial charge in [-0.25, -0.2) is 9.97 Å². The van der Waals surface area contributed by atoms with Crippen LogP contribution >= 0.6 is 7.37 Å². The number of hydrogen-bond donors (Lipinski definition) is 4. The lowest BCUT2D eigenvalue weighted by atomic mass is 10.2. The fraction of sp³-hybridized carbons (Fsp3) is 0.611. The smallest absolute Gasteiger partial charge is 0.251 e. The normalized spacial score (nSPS) is 25.7. The highest BCUT2D eigenvalue weighted by Gasteiger charge is 2.46. The van der Waals surface area contributed by atoms with Gasteiger partial charge in [-0.05, 0) is 20.3 Å². The first-order valence-corrected chi connectivity index (χ1v) is 11.9. The van der Waals surface area contributed by atoms with Gasteiger partial charge in [0.05, 0.1) is 17.6 Å². The van der Waals surface area contributed by atoms with Crippen molar-refractivity contribution in [1.29, 1.82) is 0 Å². The summed E-state index contributed by atoms with van der Waals surface area (Å²) in [5.41, 5.74) is 11.7. The quantitative estimate of drug-likeness (QED) is 0.391. The van der Waals surface area contributed by atoms with E-state index in [0.717, 1.165) is 0 Å². The molecule has 13 heteroatoms. The molecule has 6 N–H and O–H groups in total. The van der Waals surface area contributed by atoms with Crippen LogP contribution in [0.25, 0.3) is 11.0 Å². The number of primary amides is 1. The van der Waals surface area contributed by atoms with Crippen molar-refractivity contribution in [3.05, 3.63) is 17.6 Å². The van der Waals surface area contributed by atoms with Crippen molar-refractivity contribution in [2.75, 3.05) is 24.9 Å². The number of carbonyl (C=O) groups is 1. The number of hydrogen-bond acceptors (Lipinski definition) is 10. The van der Waals surface area contributed by atoms with E-state index in [2.05, 4.69) is 9.97 Å². The minimum atomic E-state index is -3.07. The number of fused-ring (bicyclic) bond motifs is 1. The Kier molecular flexibility index (Phi) is 6.99. The standard InChI is InChI=1S/C18H28N5O7P/c1-4-6-31(27,29-5-2)8-28-18-13(25)12(24)17(30-18)23-7-10(15(20)26)11-14(19)21-9(3)22-16(11)23/h7,12-13,17-18,24-25H,4-6,8H2,1-3H3,(H2,20,26)(H2,19,21,22)/t12-,13+,17-,18+,31?/m1/s1. The van der Waals surface area contributed by atoms with E-state index in [9.17, 15) is 19.6 Å². The SMILES string of the molecule is CCCP(=O)(CO[C@H]1O[C@@H](n2cc(C(N)=O)c3c(N)nc(C)nc32)[C@H](O)[C@@H]1O)OCC. The molecule has 172 valence electrons. The molecule has 31 heavy (non-hydrogen) atoms. The number of aromatic nitrogens is 3. The number of aliphatic hydroxyl groups is 2. The number of nitrogens with zero attached hydrogens (tertiary/aromatic N) is 3. The van der Waals surface area contributed by atoms with Crippen LogP contribution in [0.4, 0.5) is 5.82 Å². The zero-order chi connectivity index (χ0) is 22.9. The number of rotatable bonds is 9. The van der Waals surface area contributed by atoms with Crippen molar-refractivity contribution in [3.63, 3.8) is 0 Å². The topological polar surface area (TPSA) is 185 Å². The summed E-state index contributed by atoms with van der Waals surface area (Å²) in [6.07, 6.45) is -3.32. The second kappa shape index (κ2) is 9.19. The van der Waals surface area contributed by atoms with Crippen molar-refractivity contribution in [1.82, 2.24) is 14.5 Å². The van der Waals surface area contributed by atoms with E-state index in [-0.39, 0.29) is 35.4 Å². The molecule has 0 aliphatic carbocycles. The molecule has 0 aromatic carbocycles. The van der Waals surface area contributed by atoms with E-state index in [4.69, 9.17) is 25.5 Å². The lowest BCUT2D eigenvalue weighted by Gasteiger charge is -2.21. The van der Waals surface area contributed by atoms with Crippen LogP contribution in [-0.4, -0.2) is 68.3 Å². The highest BCUT2D eigenvalue weighted by Crippen LogP contribution is 2.48. The fourth-order valence-electron chi connectivity index (χ4n) is 3.60. The zero-order valence-electron chi connectivity index (χ0n) is 17.6. The van der Waals surface area contributed by atoms with Gasteiger partial charge in [0, 0.05) is 12.4 Å². The molecular weight excluding hydrogens is 429 g/mol. The molecule has 2 aromatic heterocycles. The minimum Gasteiger partial charge on any atom is -0.385 e. The first kappa shape index (κ1) is 23.6. The molecule has 1 saturated heterocycles. The van der Waals surface area contributed by atoms with Crippen LogP contribution in [0.1, 0.15) is 42.7 Å². The summed E-state index contributed by atoms with van der Waals surface area (Å²) < 4.78 is 30.8. The molecule has 2 aromatic rings. The second-order valence-corrected chi connectivity index (χ2v) is 9.89. The number of anilines is 1. The van der Waals surface area contributed by atoms with E-state index in [0.29, 0.717) is 18.4 Å². The summed E-state index contributed by atoms with van der Waals surface area (Å²) in [5, 5.41) is 21.3. The van der Waals surface area contributed by atoms with Gasteiger partial charge in [0.25, 0.3) is 5.91 Å². The van der Waals surface area contributed by atoms with Gasteiger partial charge in [-0.15, -0.1) is 0 Å². The molecule has 0 spiro atoms. The number of aliphatic hydroxyl groups excluding tert-OH is 2. The third-order valence-corrected chi connectivity index (χ3v) is 7.31. The average molecular weight is 457 g/mol. The molecule has 1 fully saturated rings. The van der Waals surface area contributed by atoms with Crippen LogP contribution in [-0.2, 0) is 18.6 Å². The van der Waals surface area contributed by atoms with Crippen LogP contribution in [0.15, 0.2) is 6.20 Å². The molecule has 12 nitrogen and oxygen atoms in total. The number of carbonyl (C=O) groups excluding carboxylic acids is 1. The zero-order valence-corrected chi connectivity index (χ0v) is 18.5. The maximum Gasteiger partial charge on any atom is 0.251 e. The lowest BCUT2D eigenvalue weighted by molar-refractivity contribution is -0.166. The molecule has 3 heterocycles. The lowest BCUT2D eigenvalue weighted by Crippen LogP contribution is -2.33. The molecular formula is C18H28N5O7P. The van der Waals surface area contributed by atoms with Crippen molar-refractivity contribution < 1.29 is 33.6 Å². The van der Waals surface area contributed by atoms with Gasteiger partial charge >= 0.3 is 0 Å². The Morgan fingerprint density at radius 3 is 2.65 bits per heavy atom. The second-order valence-electron chi connectivity index (χ2n) is 7.30. The van der Waals surface area contributed by atoms with Crippen molar-refractivity contribution in [2.45, 2.75) is 51.9 Å². The molecule has 1 aliphatic rings. The highest BCUT2D eigenvalue weighted by atomic mass is 31.2. The Balaban J connectivity index is 1.90. The fourth-order valence-corrected chi connectivity index (χ4v) is 5.45. The van der Waals surface area contributed by atoms with E-state index >= 15 is 0 Å². The van der Waals surface area contributed by atoms with Gasteiger partial charge in [-0.2, -0.15) is 0 Å². The third-order valence-electron chi connectivity index (χ3n) is 4.91. The van der Waals surface area contributed by atoms with Gasteiger partial charge in [-0.1, -0.05) is 6.92 Å². The molecule has 0 radical (unpaired) electrons. The summed E-state index contributed by atoms with van der Waals surface area (Å²) in [4.78, 5) is 20.2.